The average molecular weight is 563 g/mol. The molecule has 11 heteroatoms. The summed E-state index contributed by atoms with van der Waals surface area (Å²) in [4.78, 5) is 37.6. The number of carbonyl (C=O) groups excluding carboxylic acids is 1. The van der Waals surface area contributed by atoms with Crippen LogP contribution in [-0.2, 0) is 25.5 Å². The standard InChI is InChI=1S/C23H27ClN2O3S.C4H4O4/c1-2-28-23(27)26-11-9-25(10-12-26)13-14-29-20-15-17-5-3-4-6-21(17)30-22-8-7-18(24)16-19(20)22;5-3(6)1-2-4(7)8/h3-8,16,20H,2,9-15H2,1H3;1-2H,(H,5,6)(H,7,8)/b;2-1-. The van der Waals surface area contributed by atoms with Crippen LogP contribution in [-0.4, -0.2) is 84.0 Å². The van der Waals surface area contributed by atoms with Crippen molar-refractivity contribution in [2.24, 2.45) is 0 Å². The smallest absolute Gasteiger partial charge is 0.409 e. The number of fused-ring (bicyclic) bond motifs is 2. The lowest BCUT2D eigenvalue weighted by Gasteiger charge is -2.34. The summed E-state index contributed by atoms with van der Waals surface area (Å²) in [5.74, 6) is -2.51. The summed E-state index contributed by atoms with van der Waals surface area (Å²) in [7, 11) is 0. The normalized spacial score (nSPS) is 17.0. The number of aliphatic carboxylic acids is 2. The molecule has 2 aromatic rings. The number of nitrogens with zero attached hydrogens (tertiary/aromatic N) is 2. The third kappa shape index (κ3) is 9.05. The molecule has 1 saturated heterocycles. The summed E-state index contributed by atoms with van der Waals surface area (Å²) in [5.41, 5.74) is 2.47. The van der Waals surface area contributed by atoms with Crippen LogP contribution < -0.4 is 0 Å². The van der Waals surface area contributed by atoms with Crippen LogP contribution in [0.3, 0.4) is 0 Å². The number of halogens is 1. The van der Waals surface area contributed by atoms with Gasteiger partial charge in [-0.2, -0.15) is 0 Å². The van der Waals surface area contributed by atoms with Gasteiger partial charge in [0, 0.05) is 66.1 Å². The molecule has 0 bridgehead atoms. The Labute approximate surface area is 231 Å². The Morgan fingerprint density at radius 2 is 1.71 bits per heavy atom. The van der Waals surface area contributed by atoms with Gasteiger partial charge in [0.2, 0.25) is 0 Å². The number of rotatable bonds is 7. The van der Waals surface area contributed by atoms with E-state index in [0.717, 1.165) is 36.6 Å². The molecule has 38 heavy (non-hydrogen) atoms. The predicted octanol–water partition coefficient (Wildman–Crippen LogP) is 4.59. The van der Waals surface area contributed by atoms with Gasteiger partial charge in [-0.1, -0.05) is 41.6 Å². The van der Waals surface area contributed by atoms with Crippen LogP contribution in [0.2, 0.25) is 5.02 Å². The molecule has 4 rings (SSSR count). The van der Waals surface area contributed by atoms with E-state index in [4.69, 9.17) is 31.3 Å². The fraction of sp³-hybridized carbons (Fsp3) is 0.370. The van der Waals surface area contributed by atoms with Crippen LogP contribution in [0.4, 0.5) is 4.79 Å². The van der Waals surface area contributed by atoms with Gasteiger partial charge in [-0.15, -0.1) is 0 Å². The van der Waals surface area contributed by atoms with E-state index in [0.29, 0.717) is 38.5 Å². The van der Waals surface area contributed by atoms with Gasteiger partial charge in [0.25, 0.3) is 0 Å². The van der Waals surface area contributed by atoms with Crippen LogP contribution in [0, 0.1) is 0 Å². The van der Waals surface area contributed by atoms with Crippen LogP contribution in [0.1, 0.15) is 24.2 Å². The van der Waals surface area contributed by atoms with Crippen molar-refractivity contribution in [2.45, 2.75) is 29.2 Å². The summed E-state index contributed by atoms with van der Waals surface area (Å²) >= 11 is 8.09. The Morgan fingerprint density at radius 3 is 2.37 bits per heavy atom. The maximum atomic E-state index is 11.9. The summed E-state index contributed by atoms with van der Waals surface area (Å²) in [6, 6.07) is 14.6. The lowest BCUT2D eigenvalue weighted by atomic mass is 10.0. The first-order valence-electron chi connectivity index (χ1n) is 12.2. The van der Waals surface area contributed by atoms with E-state index in [-0.39, 0.29) is 12.2 Å². The summed E-state index contributed by atoms with van der Waals surface area (Å²) in [6.45, 7) is 6.82. The number of carboxylic acids is 2. The molecule has 9 nitrogen and oxygen atoms in total. The number of amides is 1. The van der Waals surface area contributed by atoms with Gasteiger partial charge in [0.05, 0.1) is 19.3 Å². The van der Waals surface area contributed by atoms with E-state index in [1.807, 2.05) is 19.1 Å². The molecule has 2 aliphatic rings. The molecule has 1 atom stereocenters. The number of carboxylic acid groups (broad SMARTS) is 2. The van der Waals surface area contributed by atoms with Crippen molar-refractivity contribution in [3.05, 3.63) is 70.8 Å². The number of piperazine rings is 1. The van der Waals surface area contributed by atoms with Gasteiger partial charge in [0.15, 0.2) is 0 Å². The largest absolute Gasteiger partial charge is 0.478 e. The number of carbonyl (C=O) groups is 3. The highest BCUT2D eigenvalue weighted by Gasteiger charge is 2.25. The Morgan fingerprint density at radius 1 is 1.03 bits per heavy atom. The summed E-state index contributed by atoms with van der Waals surface area (Å²) < 4.78 is 11.5. The summed E-state index contributed by atoms with van der Waals surface area (Å²) in [6.07, 6.45) is 1.73. The molecule has 0 aromatic heterocycles. The number of benzene rings is 2. The fourth-order valence-electron chi connectivity index (χ4n) is 4.05. The van der Waals surface area contributed by atoms with Crippen LogP contribution in [0.5, 0.6) is 0 Å². The Kier molecular flexibility index (Phi) is 11.5. The molecule has 1 amide bonds. The maximum Gasteiger partial charge on any atom is 0.409 e. The van der Waals surface area contributed by atoms with Crippen molar-refractivity contribution in [2.75, 3.05) is 45.9 Å². The first-order chi connectivity index (χ1) is 18.3. The van der Waals surface area contributed by atoms with E-state index in [1.165, 1.54) is 15.4 Å². The van der Waals surface area contributed by atoms with Gasteiger partial charge in [-0.3, -0.25) is 4.90 Å². The predicted molar refractivity (Wildman–Crippen MR) is 144 cm³/mol. The number of hydrogen-bond acceptors (Lipinski definition) is 7. The van der Waals surface area contributed by atoms with Gasteiger partial charge >= 0.3 is 18.0 Å². The third-order valence-corrected chi connectivity index (χ3v) is 7.35. The monoisotopic (exact) mass is 562 g/mol. The van der Waals surface area contributed by atoms with Gasteiger partial charge in [-0.05, 0) is 42.3 Å². The van der Waals surface area contributed by atoms with E-state index >= 15 is 0 Å². The molecule has 1 unspecified atom stereocenters. The second-order valence-electron chi connectivity index (χ2n) is 8.49. The van der Waals surface area contributed by atoms with E-state index in [9.17, 15) is 14.4 Å². The summed E-state index contributed by atoms with van der Waals surface area (Å²) in [5, 5.41) is 16.4. The number of ether oxygens (including phenoxy) is 2. The zero-order valence-corrected chi connectivity index (χ0v) is 22.6. The van der Waals surface area contributed by atoms with Crippen molar-refractivity contribution in [1.29, 1.82) is 0 Å². The highest BCUT2D eigenvalue weighted by atomic mass is 35.5. The minimum atomic E-state index is -1.26. The molecule has 204 valence electrons. The van der Waals surface area contributed by atoms with Crippen molar-refractivity contribution in [1.82, 2.24) is 9.80 Å². The SMILES string of the molecule is CCOC(=O)N1CCN(CCOC2Cc3ccccc3Sc3ccc(Cl)cc32)CC1.O=C(O)/C=C\C(=O)O. The molecule has 0 spiro atoms. The molecule has 0 saturated carbocycles. The van der Waals surface area contributed by atoms with Gasteiger partial charge in [0.1, 0.15) is 0 Å². The fourth-order valence-corrected chi connectivity index (χ4v) is 5.34. The lowest BCUT2D eigenvalue weighted by Crippen LogP contribution is -2.49. The average Bonchev–Trinajstić information content (AvgIpc) is 3.05. The molecule has 2 N–H and O–H groups in total. The molecule has 2 heterocycles. The Bertz CT molecular complexity index is 1140. The molecular formula is C27H31ClN2O7S. The number of hydrogen-bond donors (Lipinski definition) is 2. The highest BCUT2D eigenvalue weighted by molar-refractivity contribution is 7.99. The zero-order chi connectivity index (χ0) is 27.5. The van der Waals surface area contributed by atoms with Crippen molar-refractivity contribution >= 4 is 41.4 Å². The van der Waals surface area contributed by atoms with E-state index < -0.39 is 11.9 Å². The van der Waals surface area contributed by atoms with Crippen molar-refractivity contribution < 1.29 is 34.1 Å². The van der Waals surface area contributed by atoms with Crippen molar-refractivity contribution in [3.8, 4) is 0 Å². The van der Waals surface area contributed by atoms with E-state index in [1.54, 1.807) is 16.7 Å². The Hall–Kier alpha value is -3.05. The van der Waals surface area contributed by atoms with Crippen molar-refractivity contribution in [3.63, 3.8) is 0 Å². The minimum Gasteiger partial charge on any atom is -0.478 e. The third-order valence-electron chi connectivity index (χ3n) is 5.91. The highest BCUT2D eigenvalue weighted by Crippen LogP contribution is 2.42. The molecule has 0 aliphatic carbocycles. The molecular weight excluding hydrogens is 532 g/mol. The van der Waals surface area contributed by atoms with Crippen LogP contribution in [0.25, 0.3) is 0 Å². The first-order valence-corrected chi connectivity index (χ1v) is 13.4. The molecule has 1 fully saturated rings. The first kappa shape index (κ1) is 29.5. The molecule has 2 aromatic carbocycles. The topological polar surface area (TPSA) is 117 Å². The maximum absolute atomic E-state index is 11.9. The lowest BCUT2D eigenvalue weighted by molar-refractivity contribution is -0.134. The zero-order valence-electron chi connectivity index (χ0n) is 21.0. The minimum absolute atomic E-state index is 0.0179. The van der Waals surface area contributed by atoms with Crippen LogP contribution in [0.15, 0.2) is 64.4 Å². The van der Waals surface area contributed by atoms with Gasteiger partial charge in [-0.25, -0.2) is 14.4 Å². The Balaban J connectivity index is 0.000000436. The second kappa shape index (κ2) is 14.8. The molecule has 0 radical (unpaired) electrons. The molecule has 2 aliphatic heterocycles. The van der Waals surface area contributed by atoms with Gasteiger partial charge < -0.3 is 24.6 Å². The van der Waals surface area contributed by atoms with Crippen LogP contribution >= 0.6 is 23.4 Å². The quantitative estimate of drug-likeness (QED) is 0.467. The van der Waals surface area contributed by atoms with E-state index in [2.05, 4.69) is 35.2 Å². The second-order valence-corrected chi connectivity index (χ2v) is 10.0.